The second kappa shape index (κ2) is 5.45. The van der Waals surface area contributed by atoms with Crippen LogP contribution >= 0.6 is 0 Å². The van der Waals surface area contributed by atoms with Gasteiger partial charge in [0.05, 0.1) is 12.1 Å². The Balaban J connectivity index is 1.48. The molecule has 0 radical (unpaired) electrons. The maximum absolute atomic E-state index is 6.38. The van der Waals surface area contributed by atoms with E-state index in [1.165, 1.54) is 51.9 Å². The Labute approximate surface area is 110 Å². The minimum Gasteiger partial charge on any atom is -0.379 e. The van der Waals surface area contributed by atoms with Gasteiger partial charge in [0.25, 0.3) is 0 Å². The van der Waals surface area contributed by atoms with Crippen LogP contribution in [-0.4, -0.2) is 67.3 Å². The molecule has 3 heterocycles. The molecule has 0 bridgehead atoms. The lowest BCUT2D eigenvalue weighted by molar-refractivity contribution is 0.144. The minimum absolute atomic E-state index is 0.0726. The third-order valence-electron chi connectivity index (χ3n) is 4.83. The molecule has 3 aliphatic rings. The highest BCUT2D eigenvalue weighted by atomic mass is 16.5. The topological polar surface area (TPSA) is 41.7 Å². The van der Waals surface area contributed by atoms with Gasteiger partial charge in [0.1, 0.15) is 0 Å². The number of piperidine rings is 1. The predicted octanol–water partition coefficient (Wildman–Crippen LogP) is 0.664. The molecule has 3 aliphatic heterocycles. The van der Waals surface area contributed by atoms with Gasteiger partial charge < -0.3 is 10.5 Å². The van der Waals surface area contributed by atoms with Gasteiger partial charge in [0, 0.05) is 25.7 Å². The average Bonchev–Trinajstić information content (AvgIpc) is 3.00. The molecule has 0 spiro atoms. The van der Waals surface area contributed by atoms with E-state index in [4.69, 9.17) is 10.5 Å². The maximum Gasteiger partial charge on any atom is 0.0659 e. The van der Waals surface area contributed by atoms with Crippen molar-refractivity contribution < 1.29 is 4.74 Å². The summed E-state index contributed by atoms with van der Waals surface area (Å²) in [6.07, 6.45) is 6.57. The monoisotopic (exact) mass is 253 g/mol. The van der Waals surface area contributed by atoms with Crippen LogP contribution in [-0.2, 0) is 4.74 Å². The molecule has 3 rings (SSSR count). The molecular formula is C14H27N3O. The Kier molecular flexibility index (Phi) is 3.89. The summed E-state index contributed by atoms with van der Waals surface area (Å²) in [6.45, 7) is 7.69. The number of nitrogens with two attached hydrogens (primary N) is 1. The van der Waals surface area contributed by atoms with E-state index in [1.54, 1.807) is 0 Å². The third kappa shape index (κ3) is 2.87. The van der Waals surface area contributed by atoms with Gasteiger partial charge >= 0.3 is 0 Å². The number of likely N-dealkylation sites (tertiary alicyclic amines) is 2. The van der Waals surface area contributed by atoms with Gasteiger partial charge in [-0.2, -0.15) is 0 Å². The molecule has 0 aliphatic carbocycles. The van der Waals surface area contributed by atoms with E-state index in [0.29, 0.717) is 0 Å². The van der Waals surface area contributed by atoms with Crippen molar-refractivity contribution in [1.82, 2.24) is 9.80 Å². The summed E-state index contributed by atoms with van der Waals surface area (Å²) < 4.78 is 5.45. The van der Waals surface area contributed by atoms with E-state index in [2.05, 4.69) is 9.80 Å². The Morgan fingerprint density at radius 3 is 2.72 bits per heavy atom. The largest absolute Gasteiger partial charge is 0.379 e. The zero-order chi connectivity index (χ0) is 12.4. The van der Waals surface area contributed by atoms with Crippen molar-refractivity contribution in [1.29, 1.82) is 0 Å². The summed E-state index contributed by atoms with van der Waals surface area (Å²) in [5, 5.41) is 0. The molecule has 4 nitrogen and oxygen atoms in total. The third-order valence-corrected chi connectivity index (χ3v) is 4.83. The molecule has 0 aromatic heterocycles. The molecule has 18 heavy (non-hydrogen) atoms. The van der Waals surface area contributed by atoms with E-state index in [-0.39, 0.29) is 5.54 Å². The summed E-state index contributed by atoms with van der Waals surface area (Å²) >= 11 is 0. The van der Waals surface area contributed by atoms with Gasteiger partial charge in [0.15, 0.2) is 0 Å². The van der Waals surface area contributed by atoms with E-state index in [1.807, 2.05) is 0 Å². The van der Waals surface area contributed by atoms with Crippen molar-refractivity contribution in [2.24, 2.45) is 5.73 Å². The van der Waals surface area contributed by atoms with Gasteiger partial charge in [-0.3, -0.25) is 9.80 Å². The molecule has 3 saturated heterocycles. The number of hydrogen-bond donors (Lipinski definition) is 1. The van der Waals surface area contributed by atoms with Crippen LogP contribution in [0.25, 0.3) is 0 Å². The lowest BCUT2D eigenvalue weighted by atomic mass is 10.00. The van der Waals surface area contributed by atoms with Gasteiger partial charge in [-0.05, 0) is 45.3 Å². The molecule has 2 N–H and O–H groups in total. The standard InChI is InChI=1S/C14H27N3O/c15-14(5-9-18-12-14)11-16-8-4-13(10-16)17-6-2-1-3-7-17/h13H,1-12,15H2. The van der Waals surface area contributed by atoms with Crippen molar-refractivity contribution in [3.05, 3.63) is 0 Å². The quantitative estimate of drug-likeness (QED) is 0.802. The van der Waals surface area contributed by atoms with Crippen LogP contribution in [0.2, 0.25) is 0 Å². The Morgan fingerprint density at radius 2 is 2.00 bits per heavy atom. The highest BCUT2D eigenvalue weighted by molar-refractivity contribution is 4.94. The van der Waals surface area contributed by atoms with Gasteiger partial charge in [0.2, 0.25) is 0 Å². The Bertz CT molecular complexity index is 272. The Hall–Kier alpha value is -0.160. The average molecular weight is 253 g/mol. The SMILES string of the molecule is NC1(CN2CCC(N3CCCCC3)C2)CCOC1. The number of hydrogen-bond acceptors (Lipinski definition) is 4. The second-order valence-corrected chi connectivity index (χ2v) is 6.44. The smallest absolute Gasteiger partial charge is 0.0659 e. The van der Waals surface area contributed by atoms with Crippen molar-refractivity contribution in [3.8, 4) is 0 Å². The van der Waals surface area contributed by atoms with Crippen molar-refractivity contribution >= 4 is 0 Å². The van der Waals surface area contributed by atoms with E-state index in [9.17, 15) is 0 Å². The zero-order valence-corrected chi connectivity index (χ0v) is 11.4. The molecule has 0 aromatic carbocycles. The van der Waals surface area contributed by atoms with Gasteiger partial charge in [-0.1, -0.05) is 6.42 Å². The van der Waals surface area contributed by atoms with E-state index < -0.39 is 0 Å². The van der Waals surface area contributed by atoms with Crippen LogP contribution in [0.1, 0.15) is 32.1 Å². The molecule has 0 saturated carbocycles. The fraction of sp³-hybridized carbons (Fsp3) is 1.00. The molecule has 104 valence electrons. The second-order valence-electron chi connectivity index (χ2n) is 6.44. The van der Waals surface area contributed by atoms with Crippen LogP contribution in [0.5, 0.6) is 0 Å². The minimum atomic E-state index is -0.0726. The summed E-state index contributed by atoms with van der Waals surface area (Å²) in [5.74, 6) is 0. The summed E-state index contributed by atoms with van der Waals surface area (Å²) in [5.41, 5.74) is 6.31. The highest BCUT2D eigenvalue weighted by Gasteiger charge is 2.36. The fourth-order valence-corrected chi connectivity index (χ4v) is 3.73. The fourth-order valence-electron chi connectivity index (χ4n) is 3.73. The van der Waals surface area contributed by atoms with Crippen LogP contribution in [0.4, 0.5) is 0 Å². The van der Waals surface area contributed by atoms with E-state index in [0.717, 1.165) is 32.2 Å². The first-order chi connectivity index (χ1) is 8.75. The summed E-state index contributed by atoms with van der Waals surface area (Å²) in [6, 6.07) is 0.788. The highest BCUT2D eigenvalue weighted by Crippen LogP contribution is 2.23. The van der Waals surface area contributed by atoms with Crippen molar-refractivity contribution in [2.75, 3.05) is 45.9 Å². The molecule has 0 aromatic rings. The zero-order valence-electron chi connectivity index (χ0n) is 11.4. The number of ether oxygens (including phenoxy) is 1. The summed E-state index contributed by atoms with van der Waals surface area (Å²) in [7, 11) is 0. The van der Waals surface area contributed by atoms with Crippen molar-refractivity contribution in [2.45, 2.75) is 43.7 Å². The molecule has 3 fully saturated rings. The number of rotatable bonds is 3. The van der Waals surface area contributed by atoms with Gasteiger partial charge in [-0.25, -0.2) is 0 Å². The lowest BCUT2D eigenvalue weighted by Gasteiger charge is -2.33. The Morgan fingerprint density at radius 1 is 1.17 bits per heavy atom. The predicted molar refractivity (Wildman–Crippen MR) is 72.6 cm³/mol. The molecule has 2 unspecified atom stereocenters. The van der Waals surface area contributed by atoms with E-state index >= 15 is 0 Å². The molecular weight excluding hydrogens is 226 g/mol. The first-order valence-electron chi connectivity index (χ1n) is 7.58. The van der Waals surface area contributed by atoms with Crippen LogP contribution in [0.3, 0.4) is 0 Å². The first-order valence-corrected chi connectivity index (χ1v) is 7.58. The molecule has 4 heteroatoms. The van der Waals surface area contributed by atoms with Crippen molar-refractivity contribution in [3.63, 3.8) is 0 Å². The first kappa shape index (κ1) is 12.9. The molecule has 2 atom stereocenters. The van der Waals surface area contributed by atoms with Crippen LogP contribution in [0, 0.1) is 0 Å². The normalized spacial score (nSPS) is 39.5. The van der Waals surface area contributed by atoms with Gasteiger partial charge in [-0.15, -0.1) is 0 Å². The van der Waals surface area contributed by atoms with Crippen LogP contribution < -0.4 is 5.73 Å². The molecule has 0 amide bonds. The maximum atomic E-state index is 6.38. The number of nitrogens with zero attached hydrogens (tertiary/aromatic N) is 2. The lowest BCUT2D eigenvalue weighted by Crippen LogP contribution is -2.51. The summed E-state index contributed by atoms with van der Waals surface area (Å²) in [4.78, 5) is 5.27. The van der Waals surface area contributed by atoms with Crippen LogP contribution in [0.15, 0.2) is 0 Å².